The van der Waals surface area contributed by atoms with Gasteiger partial charge in [-0.25, -0.2) is 9.78 Å². The molecule has 1 aromatic heterocycles. The summed E-state index contributed by atoms with van der Waals surface area (Å²) in [5, 5.41) is 3.00. The van der Waals surface area contributed by atoms with Gasteiger partial charge in [-0.15, -0.1) is 0 Å². The Hall–Kier alpha value is -1.82. The number of hydrogen-bond donors (Lipinski definition) is 1. The summed E-state index contributed by atoms with van der Waals surface area (Å²) in [6.07, 6.45) is 5.49. The summed E-state index contributed by atoms with van der Waals surface area (Å²) < 4.78 is 5.10. The average molecular weight is 304 g/mol. The van der Waals surface area contributed by atoms with Crippen molar-refractivity contribution in [2.24, 2.45) is 0 Å². The molecule has 2 aliphatic heterocycles. The number of methoxy groups -OCH3 is 1. The zero-order valence-corrected chi connectivity index (χ0v) is 13.1. The Labute approximate surface area is 131 Å². The van der Waals surface area contributed by atoms with E-state index >= 15 is 0 Å². The van der Waals surface area contributed by atoms with Crippen LogP contribution >= 0.6 is 0 Å². The number of hydrogen-bond acceptors (Lipinski definition) is 4. The van der Waals surface area contributed by atoms with Crippen molar-refractivity contribution in [1.82, 2.24) is 20.1 Å². The van der Waals surface area contributed by atoms with Crippen LogP contribution in [0, 0.1) is 0 Å². The van der Waals surface area contributed by atoms with E-state index < -0.39 is 0 Å². The topological polar surface area (TPSA) is 57.7 Å². The maximum Gasteiger partial charge on any atom is 0.317 e. The Balaban J connectivity index is 1.51. The molecule has 1 N–H and O–H groups in total. The summed E-state index contributed by atoms with van der Waals surface area (Å²) in [6.45, 7) is 4.37. The van der Waals surface area contributed by atoms with Crippen LogP contribution in [0.4, 0.5) is 4.79 Å². The number of carbonyl (C=O) groups excluding carboxylic acids is 1. The van der Waals surface area contributed by atoms with E-state index in [1.54, 1.807) is 13.3 Å². The molecule has 0 saturated carbocycles. The van der Waals surface area contributed by atoms with Crippen LogP contribution in [0.2, 0.25) is 0 Å². The molecule has 0 aromatic carbocycles. The van der Waals surface area contributed by atoms with E-state index in [9.17, 15) is 4.79 Å². The number of piperidine rings is 1. The highest BCUT2D eigenvalue weighted by Crippen LogP contribution is 2.21. The van der Waals surface area contributed by atoms with Crippen LogP contribution in [0.15, 0.2) is 18.3 Å². The molecule has 22 heavy (non-hydrogen) atoms. The number of pyridine rings is 1. The second kappa shape index (κ2) is 6.96. The molecule has 0 bridgehead atoms. The maximum absolute atomic E-state index is 12.3. The van der Waals surface area contributed by atoms with Gasteiger partial charge in [0, 0.05) is 44.5 Å². The normalized spacial score (nSPS) is 22.0. The molecular weight excluding hydrogens is 280 g/mol. The summed E-state index contributed by atoms with van der Waals surface area (Å²) in [7, 11) is 1.59. The highest BCUT2D eigenvalue weighted by Gasteiger charge is 2.30. The molecule has 2 amide bonds. The fourth-order valence-electron chi connectivity index (χ4n) is 3.30. The molecule has 3 heterocycles. The quantitative estimate of drug-likeness (QED) is 0.919. The van der Waals surface area contributed by atoms with E-state index in [1.807, 2.05) is 17.0 Å². The molecule has 0 radical (unpaired) electrons. The molecule has 2 fully saturated rings. The number of urea groups is 1. The first-order chi connectivity index (χ1) is 10.8. The fraction of sp³-hybridized carbons (Fsp3) is 0.625. The van der Waals surface area contributed by atoms with E-state index in [-0.39, 0.29) is 6.03 Å². The van der Waals surface area contributed by atoms with Gasteiger partial charge in [0.1, 0.15) is 0 Å². The third-order valence-electron chi connectivity index (χ3n) is 4.58. The Bertz CT molecular complexity index is 523. The lowest BCUT2D eigenvalue weighted by Gasteiger charge is -2.43. The molecule has 6 nitrogen and oxygen atoms in total. The van der Waals surface area contributed by atoms with Gasteiger partial charge in [0.05, 0.1) is 7.11 Å². The number of aromatic nitrogens is 1. The maximum atomic E-state index is 12.3. The number of piperazine rings is 1. The Morgan fingerprint density at radius 2 is 2.32 bits per heavy atom. The molecule has 2 aliphatic rings. The van der Waals surface area contributed by atoms with Crippen LogP contribution in [0.1, 0.15) is 24.8 Å². The molecule has 0 unspecified atom stereocenters. The van der Waals surface area contributed by atoms with Gasteiger partial charge < -0.3 is 15.0 Å². The predicted octanol–water partition coefficient (Wildman–Crippen LogP) is 1.47. The standard InChI is InChI=1S/C16H24N4O2/c1-22-15-10-13(5-6-17-15)11-18-16(21)20-9-8-19-7-3-2-4-14(19)12-20/h5-6,10,14H,2-4,7-9,11-12H2,1H3,(H,18,21)/t14-/m0/s1. The van der Waals surface area contributed by atoms with Crippen LogP contribution < -0.4 is 10.1 Å². The van der Waals surface area contributed by atoms with Gasteiger partial charge in [0.15, 0.2) is 0 Å². The van der Waals surface area contributed by atoms with Crippen molar-refractivity contribution in [2.75, 3.05) is 33.3 Å². The van der Waals surface area contributed by atoms with Gasteiger partial charge in [0.25, 0.3) is 0 Å². The van der Waals surface area contributed by atoms with Gasteiger partial charge in [-0.1, -0.05) is 6.42 Å². The Morgan fingerprint density at radius 1 is 1.41 bits per heavy atom. The molecular formula is C16H24N4O2. The van der Waals surface area contributed by atoms with Gasteiger partial charge in [-0.3, -0.25) is 4.90 Å². The molecule has 2 saturated heterocycles. The van der Waals surface area contributed by atoms with E-state index in [0.717, 1.165) is 25.2 Å². The van der Waals surface area contributed by atoms with Crippen molar-refractivity contribution >= 4 is 6.03 Å². The summed E-state index contributed by atoms with van der Waals surface area (Å²) in [5.74, 6) is 0.572. The molecule has 3 rings (SSSR count). The number of ether oxygens (including phenoxy) is 1. The van der Waals surface area contributed by atoms with Gasteiger partial charge in [-0.2, -0.15) is 0 Å². The summed E-state index contributed by atoms with van der Waals surface area (Å²) in [5.41, 5.74) is 0.997. The number of rotatable bonds is 3. The van der Waals surface area contributed by atoms with E-state index in [4.69, 9.17) is 4.74 Å². The van der Waals surface area contributed by atoms with Crippen LogP contribution in [-0.2, 0) is 6.54 Å². The summed E-state index contributed by atoms with van der Waals surface area (Å²) in [6, 6.07) is 4.32. The van der Waals surface area contributed by atoms with Crippen molar-refractivity contribution in [2.45, 2.75) is 31.8 Å². The summed E-state index contributed by atoms with van der Waals surface area (Å²) >= 11 is 0. The molecule has 6 heteroatoms. The second-order valence-electron chi connectivity index (χ2n) is 6.00. The van der Waals surface area contributed by atoms with Crippen LogP contribution in [-0.4, -0.2) is 60.1 Å². The number of nitrogens with one attached hydrogen (secondary N) is 1. The van der Waals surface area contributed by atoms with E-state index in [2.05, 4.69) is 15.2 Å². The predicted molar refractivity (Wildman–Crippen MR) is 83.8 cm³/mol. The number of amides is 2. The van der Waals surface area contributed by atoms with Crippen molar-refractivity contribution in [1.29, 1.82) is 0 Å². The molecule has 1 atom stereocenters. The minimum Gasteiger partial charge on any atom is -0.481 e. The third kappa shape index (κ3) is 3.50. The van der Waals surface area contributed by atoms with E-state index in [1.165, 1.54) is 25.8 Å². The first-order valence-corrected chi connectivity index (χ1v) is 8.02. The molecule has 1 aromatic rings. The smallest absolute Gasteiger partial charge is 0.317 e. The highest BCUT2D eigenvalue weighted by molar-refractivity contribution is 5.74. The Kier molecular flexibility index (Phi) is 4.77. The Morgan fingerprint density at radius 3 is 3.18 bits per heavy atom. The molecule has 0 spiro atoms. The summed E-state index contributed by atoms with van der Waals surface area (Å²) in [4.78, 5) is 20.9. The third-order valence-corrected chi connectivity index (χ3v) is 4.58. The van der Waals surface area contributed by atoms with Crippen LogP contribution in [0.5, 0.6) is 5.88 Å². The van der Waals surface area contributed by atoms with Crippen LogP contribution in [0.25, 0.3) is 0 Å². The number of carbonyl (C=O) groups is 1. The van der Waals surface area contributed by atoms with Gasteiger partial charge in [-0.05, 0) is 31.0 Å². The van der Waals surface area contributed by atoms with Gasteiger partial charge >= 0.3 is 6.03 Å². The van der Waals surface area contributed by atoms with E-state index in [0.29, 0.717) is 18.5 Å². The van der Waals surface area contributed by atoms with Crippen molar-refractivity contribution < 1.29 is 9.53 Å². The zero-order valence-electron chi connectivity index (χ0n) is 13.1. The lowest BCUT2D eigenvalue weighted by Crippen LogP contribution is -2.57. The molecule has 0 aliphatic carbocycles. The second-order valence-corrected chi connectivity index (χ2v) is 6.00. The highest BCUT2D eigenvalue weighted by atomic mass is 16.5. The fourth-order valence-corrected chi connectivity index (χ4v) is 3.30. The van der Waals surface area contributed by atoms with Crippen molar-refractivity contribution in [3.8, 4) is 5.88 Å². The van der Waals surface area contributed by atoms with Gasteiger partial charge in [0.2, 0.25) is 5.88 Å². The largest absolute Gasteiger partial charge is 0.481 e. The average Bonchev–Trinajstić information content (AvgIpc) is 2.59. The number of fused-ring (bicyclic) bond motifs is 1. The lowest BCUT2D eigenvalue weighted by atomic mass is 10.00. The van der Waals surface area contributed by atoms with Crippen molar-refractivity contribution in [3.63, 3.8) is 0 Å². The zero-order chi connectivity index (χ0) is 15.4. The SMILES string of the molecule is COc1cc(CNC(=O)N2CCN3CCCC[C@H]3C2)ccn1. The van der Waals surface area contributed by atoms with Crippen LogP contribution in [0.3, 0.4) is 0 Å². The minimum absolute atomic E-state index is 0.0287. The first kappa shape index (κ1) is 15.1. The number of nitrogens with zero attached hydrogens (tertiary/aromatic N) is 3. The lowest BCUT2D eigenvalue weighted by molar-refractivity contribution is 0.0643. The minimum atomic E-state index is 0.0287. The first-order valence-electron chi connectivity index (χ1n) is 8.02. The molecule has 120 valence electrons. The monoisotopic (exact) mass is 304 g/mol. The van der Waals surface area contributed by atoms with Crippen molar-refractivity contribution in [3.05, 3.63) is 23.9 Å².